The molecular weight excluding hydrogens is 254 g/mol. The molecule has 0 spiro atoms. The fourth-order valence-corrected chi connectivity index (χ4v) is 2.44. The Bertz CT molecular complexity index is 438. The molecule has 1 aliphatic carbocycles. The normalized spacial score (nSPS) is 15.6. The molecule has 4 heteroatoms. The Morgan fingerprint density at radius 1 is 1.10 bits per heavy atom. The third-order valence-electron chi connectivity index (χ3n) is 3.62. The van der Waals surface area contributed by atoms with Gasteiger partial charge in [0.05, 0.1) is 5.92 Å². The van der Waals surface area contributed by atoms with Gasteiger partial charge >= 0.3 is 5.97 Å². The number of nitrogens with one attached hydrogen (secondary N) is 1. The van der Waals surface area contributed by atoms with E-state index in [9.17, 15) is 9.59 Å². The molecule has 0 aliphatic heterocycles. The summed E-state index contributed by atoms with van der Waals surface area (Å²) in [6.07, 6.45) is 5.15. The van der Waals surface area contributed by atoms with E-state index in [1.165, 1.54) is 6.42 Å². The molecule has 20 heavy (non-hydrogen) atoms. The summed E-state index contributed by atoms with van der Waals surface area (Å²) in [7, 11) is 0. The highest BCUT2D eigenvalue weighted by atomic mass is 16.5. The van der Waals surface area contributed by atoms with Crippen LogP contribution in [0.3, 0.4) is 0 Å². The first-order valence-corrected chi connectivity index (χ1v) is 7.23. The van der Waals surface area contributed by atoms with Crippen molar-refractivity contribution in [2.24, 2.45) is 5.92 Å². The molecule has 0 aromatic heterocycles. The highest BCUT2D eigenvalue weighted by molar-refractivity contribution is 5.81. The lowest BCUT2D eigenvalue weighted by molar-refractivity contribution is -0.153. The van der Waals surface area contributed by atoms with E-state index in [0.29, 0.717) is 6.54 Å². The fourth-order valence-electron chi connectivity index (χ4n) is 2.44. The lowest BCUT2D eigenvalue weighted by Gasteiger charge is -2.19. The third-order valence-corrected chi connectivity index (χ3v) is 3.62. The average Bonchev–Trinajstić information content (AvgIpc) is 2.52. The van der Waals surface area contributed by atoms with Gasteiger partial charge in [0.25, 0.3) is 5.91 Å². The van der Waals surface area contributed by atoms with Crippen LogP contribution in [0, 0.1) is 5.92 Å². The summed E-state index contributed by atoms with van der Waals surface area (Å²) in [5.74, 6) is -0.483. The first-order valence-electron chi connectivity index (χ1n) is 7.23. The molecule has 1 fully saturated rings. The Morgan fingerprint density at radius 3 is 2.50 bits per heavy atom. The molecule has 1 aliphatic rings. The van der Waals surface area contributed by atoms with Crippen molar-refractivity contribution < 1.29 is 14.3 Å². The van der Waals surface area contributed by atoms with Crippen LogP contribution in [0.2, 0.25) is 0 Å². The second-order valence-corrected chi connectivity index (χ2v) is 5.20. The van der Waals surface area contributed by atoms with E-state index >= 15 is 0 Å². The Kier molecular flexibility index (Phi) is 5.59. The largest absolute Gasteiger partial charge is 0.455 e. The number of amides is 1. The quantitative estimate of drug-likeness (QED) is 0.840. The summed E-state index contributed by atoms with van der Waals surface area (Å²) in [5, 5.41) is 2.74. The number of carbonyl (C=O) groups is 2. The van der Waals surface area contributed by atoms with Crippen LogP contribution in [0.5, 0.6) is 0 Å². The maximum atomic E-state index is 11.8. The summed E-state index contributed by atoms with van der Waals surface area (Å²) in [6.45, 7) is 0.281. The molecule has 1 N–H and O–H groups in total. The number of rotatable bonds is 5. The van der Waals surface area contributed by atoms with Crippen LogP contribution in [0.4, 0.5) is 0 Å². The van der Waals surface area contributed by atoms with Crippen molar-refractivity contribution in [2.75, 3.05) is 6.61 Å². The summed E-state index contributed by atoms with van der Waals surface area (Å²) >= 11 is 0. The molecule has 1 saturated carbocycles. The van der Waals surface area contributed by atoms with Gasteiger partial charge in [0.1, 0.15) is 0 Å². The van der Waals surface area contributed by atoms with Crippen LogP contribution in [-0.4, -0.2) is 18.5 Å². The standard InChI is InChI=1S/C16H21NO3/c18-15(17-11-13-7-3-1-4-8-13)12-20-16(19)14-9-5-2-6-10-14/h1,3-4,7-8,14H,2,5-6,9-12H2,(H,17,18). The van der Waals surface area contributed by atoms with Crippen LogP contribution < -0.4 is 5.32 Å². The molecule has 0 heterocycles. The number of esters is 1. The molecule has 1 aromatic carbocycles. The van der Waals surface area contributed by atoms with Gasteiger partial charge in [-0.2, -0.15) is 0 Å². The van der Waals surface area contributed by atoms with E-state index in [1.54, 1.807) is 0 Å². The van der Waals surface area contributed by atoms with Crippen molar-refractivity contribution >= 4 is 11.9 Å². The van der Waals surface area contributed by atoms with E-state index in [4.69, 9.17) is 4.74 Å². The summed E-state index contributed by atoms with van der Waals surface area (Å²) in [6, 6.07) is 9.65. The summed E-state index contributed by atoms with van der Waals surface area (Å²) in [4.78, 5) is 23.4. The van der Waals surface area contributed by atoms with E-state index in [2.05, 4.69) is 5.32 Å². The second kappa shape index (κ2) is 7.68. The monoisotopic (exact) mass is 275 g/mol. The smallest absolute Gasteiger partial charge is 0.309 e. The summed E-state index contributed by atoms with van der Waals surface area (Å²) < 4.78 is 5.08. The van der Waals surface area contributed by atoms with Gasteiger partial charge in [-0.05, 0) is 18.4 Å². The lowest BCUT2D eigenvalue weighted by Crippen LogP contribution is -2.30. The molecule has 0 radical (unpaired) electrons. The maximum absolute atomic E-state index is 11.8. The zero-order chi connectivity index (χ0) is 14.2. The third kappa shape index (κ3) is 4.68. The average molecular weight is 275 g/mol. The van der Waals surface area contributed by atoms with Crippen LogP contribution in [0.1, 0.15) is 37.7 Å². The first kappa shape index (κ1) is 14.6. The van der Waals surface area contributed by atoms with Crippen molar-refractivity contribution in [1.82, 2.24) is 5.32 Å². The highest BCUT2D eigenvalue weighted by Gasteiger charge is 2.22. The van der Waals surface area contributed by atoms with E-state index in [-0.39, 0.29) is 24.4 Å². The zero-order valence-corrected chi connectivity index (χ0v) is 11.6. The minimum absolute atomic E-state index is 0.00864. The number of carbonyl (C=O) groups excluding carboxylic acids is 2. The van der Waals surface area contributed by atoms with Crippen LogP contribution in [0.15, 0.2) is 30.3 Å². The van der Waals surface area contributed by atoms with Gasteiger partial charge in [-0.25, -0.2) is 0 Å². The molecule has 0 atom stereocenters. The van der Waals surface area contributed by atoms with Crippen molar-refractivity contribution in [3.05, 3.63) is 35.9 Å². The molecule has 108 valence electrons. The second-order valence-electron chi connectivity index (χ2n) is 5.20. The molecule has 0 saturated heterocycles. The molecule has 0 bridgehead atoms. The van der Waals surface area contributed by atoms with Crippen LogP contribution >= 0.6 is 0 Å². The fraction of sp³-hybridized carbons (Fsp3) is 0.500. The van der Waals surface area contributed by atoms with Gasteiger partial charge in [-0.15, -0.1) is 0 Å². The number of hydrogen-bond acceptors (Lipinski definition) is 3. The van der Waals surface area contributed by atoms with Crippen LogP contribution in [-0.2, 0) is 20.9 Å². The highest BCUT2D eigenvalue weighted by Crippen LogP contribution is 2.24. The van der Waals surface area contributed by atoms with Crippen molar-refractivity contribution in [1.29, 1.82) is 0 Å². The zero-order valence-electron chi connectivity index (χ0n) is 11.6. The molecular formula is C16H21NO3. The number of ether oxygens (including phenoxy) is 1. The maximum Gasteiger partial charge on any atom is 0.309 e. The number of hydrogen-bond donors (Lipinski definition) is 1. The predicted octanol–water partition coefficient (Wildman–Crippen LogP) is 2.43. The Hall–Kier alpha value is -1.84. The SMILES string of the molecule is O=C(COC(=O)C1CCCCC1)NCc1ccccc1. The van der Waals surface area contributed by atoms with E-state index in [0.717, 1.165) is 31.2 Å². The molecule has 1 aromatic rings. The van der Waals surface area contributed by atoms with Gasteiger partial charge in [-0.3, -0.25) is 9.59 Å². The van der Waals surface area contributed by atoms with Crippen LogP contribution in [0.25, 0.3) is 0 Å². The minimum Gasteiger partial charge on any atom is -0.455 e. The van der Waals surface area contributed by atoms with Gasteiger partial charge in [0.15, 0.2) is 6.61 Å². The minimum atomic E-state index is -0.252. The molecule has 0 unspecified atom stereocenters. The number of benzene rings is 1. The van der Waals surface area contributed by atoms with E-state index < -0.39 is 0 Å². The Morgan fingerprint density at radius 2 is 1.80 bits per heavy atom. The van der Waals surface area contributed by atoms with Gasteiger partial charge in [0, 0.05) is 6.54 Å². The molecule has 2 rings (SSSR count). The predicted molar refractivity (Wildman–Crippen MR) is 75.8 cm³/mol. The molecule has 4 nitrogen and oxygen atoms in total. The Balaban J connectivity index is 1.65. The Labute approximate surface area is 119 Å². The van der Waals surface area contributed by atoms with Gasteiger partial charge in [-0.1, -0.05) is 49.6 Å². The lowest BCUT2D eigenvalue weighted by atomic mass is 9.89. The summed E-state index contributed by atoms with van der Waals surface area (Å²) in [5.41, 5.74) is 1.03. The topological polar surface area (TPSA) is 55.4 Å². The first-order chi connectivity index (χ1) is 9.75. The van der Waals surface area contributed by atoms with Gasteiger partial charge in [0.2, 0.25) is 0 Å². The molecule has 1 amide bonds. The van der Waals surface area contributed by atoms with Crippen molar-refractivity contribution in [2.45, 2.75) is 38.6 Å². The van der Waals surface area contributed by atoms with E-state index in [1.807, 2.05) is 30.3 Å². The van der Waals surface area contributed by atoms with Crippen molar-refractivity contribution in [3.63, 3.8) is 0 Å². The van der Waals surface area contributed by atoms with Gasteiger partial charge < -0.3 is 10.1 Å². The van der Waals surface area contributed by atoms with Crippen molar-refractivity contribution in [3.8, 4) is 0 Å².